The minimum atomic E-state index is -0.204. The second kappa shape index (κ2) is 6.32. The SMILES string of the molecule is CC(C(=O)NC1CC1)N1CCCC1C(=O)N1CCNCC1. The van der Waals surface area contributed by atoms with Gasteiger partial charge in [0.2, 0.25) is 11.8 Å². The predicted octanol–water partition coefficient (Wildman–Crippen LogP) is -0.450. The fraction of sp³-hybridized carbons (Fsp3) is 0.867. The van der Waals surface area contributed by atoms with E-state index in [-0.39, 0.29) is 23.9 Å². The lowest BCUT2D eigenvalue weighted by atomic mass is 10.1. The van der Waals surface area contributed by atoms with E-state index >= 15 is 0 Å². The normalized spacial score (nSPS) is 28.4. The first kappa shape index (κ1) is 14.8. The van der Waals surface area contributed by atoms with Gasteiger partial charge in [0.05, 0.1) is 12.1 Å². The van der Waals surface area contributed by atoms with Crippen LogP contribution in [0.5, 0.6) is 0 Å². The van der Waals surface area contributed by atoms with Crippen molar-refractivity contribution in [1.29, 1.82) is 0 Å². The van der Waals surface area contributed by atoms with Crippen molar-refractivity contribution in [2.24, 2.45) is 0 Å². The van der Waals surface area contributed by atoms with Gasteiger partial charge in [0.15, 0.2) is 0 Å². The van der Waals surface area contributed by atoms with Crippen LogP contribution in [0.15, 0.2) is 0 Å². The smallest absolute Gasteiger partial charge is 0.240 e. The Kier molecular flexibility index (Phi) is 4.45. The Morgan fingerprint density at radius 1 is 1.14 bits per heavy atom. The molecule has 2 unspecified atom stereocenters. The molecular weight excluding hydrogens is 268 g/mol. The molecular formula is C15H26N4O2. The molecule has 0 bridgehead atoms. The summed E-state index contributed by atoms with van der Waals surface area (Å²) < 4.78 is 0. The maximum Gasteiger partial charge on any atom is 0.240 e. The van der Waals surface area contributed by atoms with E-state index in [0.717, 1.165) is 58.4 Å². The summed E-state index contributed by atoms with van der Waals surface area (Å²) in [5.41, 5.74) is 0. The molecule has 118 valence electrons. The minimum Gasteiger partial charge on any atom is -0.352 e. The Bertz CT molecular complexity index is 404. The van der Waals surface area contributed by atoms with E-state index in [0.29, 0.717) is 6.04 Å². The number of likely N-dealkylation sites (tertiary alicyclic amines) is 1. The molecule has 0 radical (unpaired) electrons. The summed E-state index contributed by atoms with van der Waals surface area (Å²) in [7, 11) is 0. The van der Waals surface area contributed by atoms with Gasteiger partial charge in [-0.1, -0.05) is 0 Å². The maximum absolute atomic E-state index is 12.7. The topological polar surface area (TPSA) is 64.7 Å². The van der Waals surface area contributed by atoms with Gasteiger partial charge in [-0.15, -0.1) is 0 Å². The molecule has 1 saturated carbocycles. The van der Waals surface area contributed by atoms with Crippen molar-refractivity contribution < 1.29 is 9.59 Å². The summed E-state index contributed by atoms with van der Waals surface area (Å²) in [4.78, 5) is 29.0. The van der Waals surface area contributed by atoms with Crippen molar-refractivity contribution in [2.45, 2.75) is 50.7 Å². The monoisotopic (exact) mass is 294 g/mol. The van der Waals surface area contributed by atoms with Crippen molar-refractivity contribution in [1.82, 2.24) is 20.4 Å². The average molecular weight is 294 g/mol. The van der Waals surface area contributed by atoms with Gasteiger partial charge >= 0.3 is 0 Å². The molecule has 6 nitrogen and oxygen atoms in total. The standard InChI is InChI=1S/C15H26N4O2/c1-11(14(20)17-12-4-5-12)19-8-2-3-13(19)15(21)18-9-6-16-7-10-18/h11-13,16H,2-10H2,1H3,(H,17,20). The molecule has 2 N–H and O–H groups in total. The lowest BCUT2D eigenvalue weighted by Crippen LogP contribution is -2.56. The molecule has 3 rings (SSSR count). The van der Waals surface area contributed by atoms with Crippen LogP contribution in [0.4, 0.5) is 0 Å². The molecule has 2 aliphatic heterocycles. The maximum atomic E-state index is 12.7. The van der Waals surface area contributed by atoms with Crippen LogP contribution in [0.25, 0.3) is 0 Å². The third kappa shape index (κ3) is 3.37. The number of amides is 2. The molecule has 2 atom stereocenters. The van der Waals surface area contributed by atoms with Gasteiger partial charge in [0.25, 0.3) is 0 Å². The number of carbonyl (C=O) groups excluding carboxylic acids is 2. The average Bonchev–Trinajstić information content (AvgIpc) is 3.19. The van der Waals surface area contributed by atoms with Crippen LogP contribution >= 0.6 is 0 Å². The number of nitrogens with one attached hydrogen (secondary N) is 2. The molecule has 2 heterocycles. The van der Waals surface area contributed by atoms with Gasteiger partial charge < -0.3 is 15.5 Å². The zero-order valence-electron chi connectivity index (χ0n) is 12.8. The van der Waals surface area contributed by atoms with Crippen molar-refractivity contribution in [2.75, 3.05) is 32.7 Å². The zero-order chi connectivity index (χ0) is 14.8. The lowest BCUT2D eigenvalue weighted by molar-refractivity contribution is -0.138. The molecule has 0 aromatic heterocycles. The second-order valence-corrected chi connectivity index (χ2v) is 6.43. The number of rotatable bonds is 4. The number of carbonyl (C=O) groups is 2. The van der Waals surface area contributed by atoms with Crippen molar-refractivity contribution in [3.05, 3.63) is 0 Å². The molecule has 3 aliphatic rings. The summed E-state index contributed by atoms with van der Waals surface area (Å²) in [5, 5.41) is 6.32. The Labute approximate surface area is 126 Å². The summed E-state index contributed by atoms with van der Waals surface area (Å²) in [6, 6.07) is 0.0675. The molecule has 0 aromatic carbocycles. The first-order valence-corrected chi connectivity index (χ1v) is 8.22. The van der Waals surface area contributed by atoms with Crippen LogP contribution in [0.1, 0.15) is 32.6 Å². The van der Waals surface area contributed by atoms with Gasteiger partial charge in [-0.2, -0.15) is 0 Å². The van der Waals surface area contributed by atoms with Crippen LogP contribution in [-0.2, 0) is 9.59 Å². The van der Waals surface area contributed by atoms with E-state index in [1.807, 2.05) is 11.8 Å². The predicted molar refractivity (Wildman–Crippen MR) is 79.8 cm³/mol. The second-order valence-electron chi connectivity index (χ2n) is 6.43. The van der Waals surface area contributed by atoms with E-state index in [9.17, 15) is 9.59 Å². The summed E-state index contributed by atoms with van der Waals surface area (Å²) in [6.07, 6.45) is 4.08. The summed E-state index contributed by atoms with van der Waals surface area (Å²) >= 11 is 0. The lowest BCUT2D eigenvalue weighted by Gasteiger charge is -2.34. The van der Waals surface area contributed by atoms with Crippen LogP contribution in [0.2, 0.25) is 0 Å². The molecule has 6 heteroatoms. The van der Waals surface area contributed by atoms with Crippen molar-refractivity contribution >= 4 is 11.8 Å². The molecule has 3 fully saturated rings. The van der Waals surface area contributed by atoms with Gasteiger partial charge in [0.1, 0.15) is 0 Å². The highest BCUT2D eigenvalue weighted by Gasteiger charge is 2.39. The fourth-order valence-electron chi connectivity index (χ4n) is 3.31. The third-order valence-corrected chi connectivity index (χ3v) is 4.81. The number of nitrogens with zero attached hydrogens (tertiary/aromatic N) is 2. The molecule has 2 amide bonds. The molecule has 21 heavy (non-hydrogen) atoms. The molecule has 2 saturated heterocycles. The minimum absolute atomic E-state index is 0.0810. The zero-order valence-corrected chi connectivity index (χ0v) is 12.8. The third-order valence-electron chi connectivity index (χ3n) is 4.81. The largest absolute Gasteiger partial charge is 0.352 e. The number of hydrogen-bond acceptors (Lipinski definition) is 4. The fourth-order valence-corrected chi connectivity index (χ4v) is 3.31. The highest BCUT2D eigenvalue weighted by molar-refractivity contribution is 5.85. The van der Waals surface area contributed by atoms with Gasteiger partial charge in [-0.05, 0) is 39.2 Å². The Balaban J connectivity index is 1.60. The van der Waals surface area contributed by atoms with Crippen molar-refractivity contribution in [3.63, 3.8) is 0 Å². The number of piperazine rings is 1. The van der Waals surface area contributed by atoms with Gasteiger partial charge in [-0.25, -0.2) is 0 Å². The van der Waals surface area contributed by atoms with Crippen molar-refractivity contribution in [3.8, 4) is 0 Å². The van der Waals surface area contributed by atoms with Crippen LogP contribution < -0.4 is 10.6 Å². The molecule has 1 aliphatic carbocycles. The summed E-state index contributed by atoms with van der Waals surface area (Å²) in [5.74, 6) is 0.289. The van der Waals surface area contributed by atoms with E-state index in [2.05, 4.69) is 15.5 Å². The van der Waals surface area contributed by atoms with Crippen LogP contribution in [0.3, 0.4) is 0 Å². The van der Waals surface area contributed by atoms with E-state index in [1.165, 1.54) is 0 Å². The van der Waals surface area contributed by atoms with Gasteiger partial charge in [0, 0.05) is 32.2 Å². The first-order chi connectivity index (χ1) is 10.2. The van der Waals surface area contributed by atoms with E-state index in [1.54, 1.807) is 0 Å². The number of hydrogen-bond donors (Lipinski definition) is 2. The van der Waals surface area contributed by atoms with Crippen LogP contribution in [-0.4, -0.2) is 72.5 Å². The molecule has 0 spiro atoms. The quantitative estimate of drug-likeness (QED) is 0.737. The Morgan fingerprint density at radius 2 is 1.86 bits per heavy atom. The first-order valence-electron chi connectivity index (χ1n) is 8.22. The Morgan fingerprint density at radius 3 is 2.52 bits per heavy atom. The van der Waals surface area contributed by atoms with Gasteiger partial charge in [-0.3, -0.25) is 14.5 Å². The highest BCUT2D eigenvalue weighted by Crippen LogP contribution is 2.24. The van der Waals surface area contributed by atoms with E-state index in [4.69, 9.17) is 0 Å². The summed E-state index contributed by atoms with van der Waals surface area (Å²) in [6.45, 7) is 6.09. The highest BCUT2D eigenvalue weighted by atomic mass is 16.2. The Hall–Kier alpha value is -1.14. The van der Waals surface area contributed by atoms with Crippen LogP contribution in [0, 0.1) is 0 Å². The van der Waals surface area contributed by atoms with E-state index < -0.39 is 0 Å². The molecule has 0 aromatic rings.